The van der Waals surface area contributed by atoms with Gasteiger partial charge in [0.2, 0.25) is 0 Å². The predicted octanol–water partition coefficient (Wildman–Crippen LogP) is 2.94. The molecule has 0 aliphatic carbocycles. The summed E-state index contributed by atoms with van der Waals surface area (Å²) in [6, 6.07) is 13.1. The third-order valence-corrected chi connectivity index (χ3v) is 3.49. The fourth-order valence-electron chi connectivity index (χ4n) is 2.26. The first kappa shape index (κ1) is 17.3. The number of hydrogen-bond donors (Lipinski definition) is 2. The first-order valence-corrected chi connectivity index (χ1v) is 8.25. The smallest absolute Gasteiger partial charge is 0.271 e. The first-order valence-electron chi connectivity index (χ1n) is 8.25. The molecule has 3 rings (SSSR count). The molecule has 0 aliphatic heterocycles. The molecule has 0 saturated heterocycles. The SMILES string of the molecule is CCOc1ccccc1Nc1cnc(C(=O)NCc2ccccn2)cn1. The maximum atomic E-state index is 12.1. The highest BCUT2D eigenvalue weighted by atomic mass is 16.5. The van der Waals surface area contributed by atoms with Crippen LogP contribution in [0.1, 0.15) is 23.1 Å². The number of hydrogen-bond acceptors (Lipinski definition) is 6. The summed E-state index contributed by atoms with van der Waals surface area (Å²) in [4.78, 5) is 24.7. The van der Waals surface area contributed by atoms with Crippen molar-refractivity contribution in [3.05, 3.63) is 72.4 Å². The van der Waals surface area contributed by atoms with Crippen molar-refractivity contribution in [3.63, 3.8) is 0 Å². The Bertz CT molecular complexity index is 853. The number of carbonyl (C=O) groups is 1. The van der Waals surface area contributed by atoms with Gasteiger partial charge in [0.15, 0.2) is 0 Å². The number of anilines is 2. The number of ether oxygens (including phenoxy) is 1. The number of aromatic nitrogens is 3. The van der Waals surface area contributed by atoms with Crippen LogP contribution in [0.5, 0.6) is 5.75 Å². The zero-order chi connectivity index (χ0) is 18.2. The van der Waals surface area contributed by atoms with Crippen LogP contribution in [-0.4, -0.2) is 27.5 Å². The zero-order valence-electron chi connectivity index (χ0n) is 14.3. The molecule has 7 heteroatoms. The second kappa shape index (κ2) is 8.57. The summed E-state index contributed by atoms with van der Waals surface area (Å²) in [5.74, 6) is 0.955. The van der Waals surface area contributed by atoms with Gasteiger partial charge < -0.3 is 15.4 Å². The summed E-state index contributed by atoms with van der Waals surface area (Å²) in [5, 5.41) is 5.91. The molecule has 0 aliphatic rings. The van der Waals surface area contributed by atoms with E-state index in [4.69, 9.17) is 4.74 Å². The van der Waals surface area contributed by atoms with Gasteiger partial charge in [0.25, 0.3) is 5.91 Å². The number of carbonyl (C=O) groups excluding carboxylic acids is 1. The van der Waals surface area contributed by atoms with Crippen LogP contribution < -0.4 is 15.4 Å². The molecule has 2 heterocycles. The Balaban J connectivity index is 1.62. The Kier molecular flexibility index (Phi) is 5.72. The lowest BCUT2D eigenvalue weighted by atomic mass is 10.3. The molecule has 26 heavy (non-hydrogen) atoms. The van der Waals surface area contributed by atoms with Crippen LogP contribution in [0.2, 0.25) is 0 Å². The fraction of sp³-hybridized carbons (Fsp3) is 0.158. The van der Waals surface area contributed by atoms with Gasteiger partial charge in [0, 0.05) is 6.20 Å². The minimum atomic E-state index is -0.301. The summed E-state index contributed by atoms with van der Waals surface area (Å²) in [5.41, 5.74) is 1.81. The van der Waals surface area contributed by atoms with E-state index in [1.54, 1.807) is 6.20 Å². The average molecular weight is 349 g/mol. The first-order chi connectivity index (χ1) is 12.8. The topological polar surface area (TPSA) is 89.0 Å². The van der Waals surface area contributed by atoms with Crippen LogP contribution in [0.4, 0.5) is 11.5 Å². The van der Waals surface area contributed by atoms with E-state index in [1.807, 2.05) is 49.4 Å². The molecule has 3 aromatic rings. The highest BCUT2D eigenvalue weighted by molar-refractivity contribution is 5.92. The van der Waals surface area contributed by atoms with E-state index in [-0.39, 0.29) is 11.6 Å². The molecular weight excluding hydrogens is 330 g/mol. The van der Waals surface area contributed by atoms with E-state index in [0.717, 1.165) is 17.1 Å². The summed E-state index contributed by atoms with van der Waals surface area (Å²) < 4.78 is 5.56. The molecule has 2 N–H and O–H groups in total. The van der Waals surface area contributed by atoms with Crippen LogP contribution in [-0.2, 0) is 6.54 Å². The molecule has 0 atom stereocenters. The number of amides is 1. The van der Waals surface area contributed by atoms with Crippen LogP contribution in [0.15, 0.2) is 61.1 Å². The van der Waals surface area contributed by atoms with Gasteiger partial charge in [0.05, 0.1) is 36.9 Å². The Morgan fingerprint density at radius 2 is 1.88 bits per heavy atom. The summed E-state index contributed by atoms with van der Waals surface area (Å²) in [6.07, 6.45) is 4.62. The van der Waals surface area contributed by atoms with E-state index in [2.05, 4.69) is 25.6 Å². The van der Waals surface area contributed by atoms with E-state index in [1.165, 1.54) is 12.4 Å². The molecule has 0 bridgehead atoms. The Hall–Kier alpha value is -3.48. The van der Waals surface area contributed by atoms with E-state index >= 15 is 0 Å². The maximum absolute atomic E-state index is 12.1. The average Bonchev–Trinajstić information content (AvgIpc) is 2.69. The molecule has 2 aromatic heterocycles. The Morgan fingerprint density at radius 3 is 2.62 bits per heavy atom. The van der Waals surface area contributed by atoms with Gasteiger partial charge in [-0.25, -0.2) is 9.97 Å². The van der Waals surface area contributed by atoms with Gasteiger partial charge in [-0.1, -0.05) is 18.2 Å². The number of pyridine rings is 1. The molecule has 0 fully saturated rings. The number of para-hydroxylation sites is 2. The van der Waals surface area contributed by atoms with E-state index < -0.39 is 0 Å². The van der Waals surface area contributed by atoms with Crippen LogP contribution in [0.25, 0.3) is 0 Å². The summed E-state index contributed by atoms with van der Waals surface area (Å²) >= 11 is 0. The molecule has 7 nitrogen and oxygen atoms in total. The molecule has 132 valence electrons. The Labute approximate surface area is 151 Å². The van der Waals surface area contributed by atoms with Crippen molar-refractivity contribution >= 4 is 17.4 Å². The molecular formula is C19H19N5O2. The number of nitrogens with one attached hydrogen (secondary N) is 2. The van der Waals surface area contributed by atoms with Crippen molar-refractivity contribution in [2.24, 2.45) is 0 Å². The second-order valence-electron chi connectivity index (χ2n) is 5.34. The second-order valence-corrected chi connectivity index (χ2v) is 5.34. The predicted molar refractivity (Wildman–Crippen MR) is 98.3 cm³/mol. The van der Waals surface area contributed by atoms with Crippen molar-refractivity contribution in [2.75, 3.05) is 11.9 Å². The van der Waals surface area contributed by atoms with Crippen molar-refractivity contribution in [1.29, 1.82) is 0 Å². The zero-order valence-corrected chi connectivity index (χ0v) is 14.3. The van der Waals surface area contributed by atoms with Crippen molar-refractivity contribution in [1.82, 2.24) is 20.3 Å². The monoisotopic (exact) mass is 349 g/mol. The normalized spacial score (nSPS) is 10.2. The van der Waals surface area contributed by atoms with Gasteiger partial charge in [-0.3, -0.25) is 9.78 Å². The minimum absolute atomic E-state index is 0.240. The minimum Gasteiger partial charge on any atom is -0.492 e. The number of rotatable bonds is 7. The van der Waals surface area contributed by atoms with Crippen molar-refractivity contribution in [2.45, 2.75) is 13.5 Å². The van der Waals surface area contributed by atoms with Crippen LogP contribution in [0, 0.1) is 0 Å². The summed E-state index contributed by atoms with van der Waals surface area (Å²) in [6.45, 7) is 2.83. The lowest BCUT2D eigenvalue weighted by Crippen LogP contribution is -2.24. The van der Waals surface area contributed by atoms with E-state index in [0.29, 0.717) is 19.0 Å². The molecule has 0 spiro atoms. The third kappa shape index (κ3) is 4.54. The van der Waals surface area contributed by atoms with Gasteiger partial charge >= 0.3 is 0 Å². The highest BCUT2D eigenvalue weighted by Crippen LogP contribution is 2.26. The lowest BCUT2D eigenvalue weighted by molar-refractivity contribution is 0.0945. The van der Waals surface area contributed by atoms with Gasteiger partial charge in [0.1, 0.15) is 17.3 Å². The third-order valence-electron chi connectivity index (χ3n) is 3.49. The quantitative estimate of drug-likeness (QED) is 0.682. The van der Waals surface area contributed by atoms with Crippen LogP contribution in [0.3, 0.4) is 0 Å². The van der Waals surface area contributed by atoms with Gasteiger partial charge in [-0.2, -0.15) is 0 Å². The molecule has 0 radical (unpaired) electrons. The fourth-order valence-corrected chi connectivity index (χ4v) is 2.26. The Morgan fingerprint density at radius 1 is 1.04 bits per heavy atom. The summed E-state index contributed by atoms with van der Waals surface area (Å²) in [7, 11) is 0. The van der Waals surface area contributed by atoms with Gasteiger partial charge in [-0.05, 0) is 31.2 Å². The number of benzene rings is 1. The highest BCUT2D eigenvalue weighted by Gasteiger charge is 2.09. The molecule has 1 amide bonds. The molecule has 0 unspecified atom stereocenters. The largest absolute Gasteiger partial charge is 0.492 e. The lowest BCUT2D eigenvalue weighted by Gasteiger charge is -2.11. The van der Waals surface area contributed by atoms with Crippen molar-refractivity contribution in [3.8, 4) is 5.75 Å². The standard InChI is InChI=1S/C19H19N5O2/c1-2-26-17-9-4-3-8-15(17)24-18-13-21-16(12-22-18)19(25)23-11-14-7-5-6-10-20-14/h3-10,12-13H,2,11H2,1H3,(H,22,24)(H,23,25). The van der Waals surface area contributed by atoms with Gasteiger partial charge in [-0.15, -0.1) is 0 Å². The number of nitrogens with zero attached hydrogens (tertiary/aromatic N) is 3. The van der Waals surface area contributed by atoms with Crippen LogP contribution >= 0.6 is 0 Å². The molecule has 0 saturated carbocycles. The van der Waals surface area contributed by atoms with Crippen molar-refractivity contribution < 1.29 is 9.53 Å². The van der Waals surface area contributed by atoms with E-state index in [9.17, 15) is 4.79 Å². The maximum Gasteiger partial charge on any atom is 0.271 e. The molecule has 1 aromatic carbocycles.